The summed E-state index contributed by atoms with van der Waals surface area (Å²) in [6.45, 7) is 6.27. The number of nitrogens with one attached hydrogen (secondary N) is 2. The minimum Gasteiger partial charge on any atom is -0.393 e. The maximum Gasteiger partial charge on any atom is 0.319 e. The molecule has 24 heavy (non-hydrogen) atoms. The number of hydrogen-bond acceptors (Lipinski definition) is 3. The predicted molar refractivity (Wildman–Crippen MR) is 95.1 cm³/mol. The van der Waals surface area contributed by atoms with E-state index in [9.17, 15) is 9.90 Å². The van der Waals surface area contributed by atoms with Crippen molar-refractivity contribution in [3.8, 4) is 0 Å². The fraction of sp³-hybridized carbons (Fsp3) is 0.444. The molecular weight excluding hydrogens is 304 g/mol. The highest BCUT2D eigenvalue weighted by Crippen LogP contribution is 2.20. The molecule has 2 atom stereocenters. The van der Waals surface area contributed by atoms with Gasteiger partial charge in [0.2, 0.25) is 0 Å². The number of carbonyl (C=O) groups excluding carboxylic acids is 1. The second kappa shape index (κ2) is 8.49. The number of amides is 2. The van der Waals surface area contributed by atoms with Gasteiger partial charge >= 0.3 is 6.03 Å². The van der Waals surface area contributed by atoms with Crippen molar-refractivity contribution in [3.05, 3.63) is 48.3 Å². The quantitative estimate of drug-likeness (QED) is 0.730. The van der Waals surface area contributed by atoms with Crippen LogP contribution in [0.3, 0.4) is 0 Å². The van der Waals surface area contributed by atoms with Gasteiger partial charge in [-0.3, -0.25) is 4.68 Å². The van der Waals surface area contributed by atoms with Gasteiger partial charge in [0.1, 0.15) is 0 Å². The third-order valence-electron chi connectivity index (χ3n) is 3.79. The molecule has 0 radical (unpaired) electrons. The number of rotatable bonds is 7. The van der Waals surface area contributed by atoms with Gasteiger partial charge in [-0.05, 0) is 32.8 Å². The van der Waals surface area contributed by atoms with E-state index in [1.165, 1.54) is 0 Å². The summed E-state index contributed by atoms with van der Waals surface area (Å²) < 4.78 is 1.79. The molecule has 6 nitrogen and oxygen atoms in total. The molecule has 1 aromatic carbocycles. The van der Waals surface area contributed by atoms with E-state index in [4.69, 9.17) is 0 Å². The van der Waals surface area contributed by atoms with Crippen molar-refractivity contribution < 1.29 is 9.90 Å². The van der Waals surface area contributed by atoms with Crippen molar-refractivity contribution in [2.24, 2.45) is 0 Å². The van der Waals surface area contributed by atoms with Gasteiger partial charge < -0.3 is 15.7 Å². The minimum absolute atomic E-state index is 0.0651. The van der Waals surface area contributed by atoms with Gasteiger partial charge in [0, 0.05) is 24.7 Å². The van der Waals surface area contributed by atoms with Gasteiger partial charge in [0.25, 0.3) is 0 Å². The second-order valence-corrected chi connectivity index (χ2v) is 6.33. The first-order chi connectivity index (χ1) is 11.5. The van der Waals surface area contributed by atoms with E-state index in [-0.39, 0.29) is 18.0 Å². The number of hydrogen-bond donors (Lipinski definition) is 3. The average molecular weight is 330 g/mol. The Morgan fingerprint density at radius 2 is 1.96 bits per heavy atom. The van der Waals surface area contributed by atoms with Crippen LogP contribution in [0, 0.1) is 0 Å². The molecule has 0 fully saturated rings. The van der Waals surface area contributed by atoms with E-state index in [2.05, 4.69) is 15.7 Å². The highest BCUT2D eigenvalue weighted by atomic mass is 16.3. The molecule has 2 rings (SSSR count). The SMILES string of the molecule is CC(O)CC(CNC(=O)Nc1cnn(C(C)C)c1)c1ccccc1. The lowest BCUT2D eigenvalue weighted by Crippen LogP contribution is -2.33. The summed E-state index contributed by atoms with van der Waals surface area (Å²) in [7, 11) is 0. The van der Waals surface area contributed by atoms with E-state index in [0.717, 1.165) is 5.56 Å². The molecule has 0 aliphatic rings. The molecule has 0 aliphatic heterocycles. The minimum atomic E-state index is -0.427. The molecule has 0 spiro atoms. The number of aliphatic hydroxyl groups excluding tert-OH is 1. The monoisotopic (exact) mass is 330 g/mol. The van der Waals surface area contributed by atoms with Crippen molar-refractivity contribution in [1.29, 1.82) is 0 Å². The maximum absolute atomic E-state index is 12.1. The molecule has 0 aliphatic carbocycles. The zero-order valence-electron chi connectivity index (χ0n) is 14.4. The summed E-state index contributed by atoms with van der Waals surface area (Å²) >= 11 is 0. The Morgan fingerprint density at radius 3 is 2.54 bits per heavy atom. The average Bonchev–Trinajstić information content (AvgIpc) is 3.00. The van der Waals surface area contributed by atoms with Crippen molar-refractivity contribution >= 4 is 11.7 Å². The Bertz CT molecular complexity index is 637. The number of nitrogens with zero attached hydrogens (tertiary/aromatic N) is 2. The van der Waals surface area contributed by atoms with Crippen LogP contribution in [0.25, 0.3) is 0 Å². The van der Waals surface area contributed by atoms with Gasteiger partial charge in [-0.2, -0.15) is 5.10 Å². The van der Waals surface area contributed by atoms with E-state index in [1.807, 2.05) is 44.2 Å². The first kappa shape index (κ1) is 18.0. The molecule has 130 valence electrons. The fourth-order valence-electron chi connectivity index (χ4n) is 2.55. The Balaban J connectivity index is 1.91. The largest absolute Gasteiger partial charge is 0.393 e. The van der Waals surface area contributed by atoms with Crippen LogP contribution < -0.4 is 10.6 Å². The number of anilines is 1. The maximum atomic E-state index is 12.1. The third-order valence-corrected chi connectivity index (χ3v) is 3.79. The summed E-state index contributed by atoms with van der Waals surface area (Å²) in [4.78, 5) is 12.1. The van der Waals surface area contributed by atoms with Gasteiger partial charge in [-0.15, -0.1) is 0 Å². The molecule has 0 saturated heterocycles. The lowest BCUT2D eigenvalue weighted by Gasteiger charge is -2.19. The van der Waals surface area contributed by atoms with Crippen molar-refractivity contribution in [1.82, 2.24) is 15.1 Å². The van der Waals surface area contributed by atoms with E-state index in [1.54, 1.807) is 24.0 Å². The number of aliphatic hydroxyl groups is 1. The first-order valence-corrected chi connectivity index (χ1v) is 8.27. The normalized spacial score (nSPS) is 13.5. The van der Waals surface area contributed by atoms with E-state index < -0.39 is 6.10 Å². The number of urea groups is 1. The summed E-state index contributed by atoms with van der Waals surface area (Å²) in [5.41, 5.74) is 1.76. The standard InChI is InChI=1S/C18H26N4O2/c1-13(2)22-12-17(11-20-22)21-18(24)19-10-16(9-14(3)23)15-7-5-4-6-8-15/h4-8,11-14,16,23H,9-10H2,1-3H3,(H2,19,21,24). The molecular formula is C18H26N4O2. The van der Waals surface area contributed by atoms with E-state index in [0.29, 0.717) is 18.7 Å². The zero-order valence-corrected chi connectivity index (χ0v) is 14.4. The number of benzene rings is 1. The molecule has 0 bridgehead atoms. The van der Waals surface area contributed by atoms with Crippen LogP contribution in [-0.2, 0) is 0 Å². The van der Waals surface area contributed by atoms with Crippen LogP contribution in [-0.4, -0.2) is 33.6 Å². The number of aromatic nitrogens is 2. The van der Waals surface area contributed by atoms with Gasteiger partial charge in [0.15, 0.2) is 0 Å². The molecule has 0 saturated carbocycles. The molecule has 1 aromatic heterocycles. The van der Waals surface area contributed by atoms with Crippen molar-refractivity contribution in [2.45, 2.75) is 45.3 Å². The topological polar surface area (TPSA) is 79.2 Å². The molecule has 2 amide bonds. The highest BCUT2D eigenvalue weighted by molar-refractivity contribution is 5.88. The van der Waals surface area contributed by atoms with Crippen LogP contribution in [0.5, 0.6) is 0 Å². The van der Waals surface area contributed by atoms with Crippen LogP contribution in [0.15, 0.2) is 42.7 Å². The van der Waals surface area contributed by atoms with Crippen molar-refractivity contribution in [2.75, 3.05) is 11.9 Å². The lowest BCUT2D eigenvalue weighted by molar-refractivity contribution is 0.173. The first-order valence-electron chi connectivity index (χ1n) is 8.27. The summed E-state index contributed by atoms with van der Waals surface area (Å²) in [5, 5.41) is 19.5. The predicted octanol–water partition coefficient (Wildman–Crippen LogP) is 3.14. The Hall–Kier alpha value is -2.34. The zero-order chi connectivity index (χ0) is 17.5. The van der Waals surface area contributed by atoms with Crippen molar-refractivity contribution in [3.63, 3.8) is 0 Å². The number of carbonyl (C=O) groups is 1. The van der Waals surface area contributed by atoms with Gasteiger partial charge in [0.05, 0.1) is 18.0 Å². The molecule has 6 heteroatoms. The third kappa shape index (κ3) is 5.38. The smallest absolute Gasteiger partial charge is 0.319 e. The fourth-order valence-corrected chi connectivity index (χ4v) is 2.55. The Labute approximate surface area is 142 Å². The van der Waals surface area contributed by atoms with Gasteiger partial charge in [-0.25, -0.2) is 4.79 Å². The van der Waals surface area contributed by atoms with Crippen LogP contribution in [0.1, 0.15) is 44.7 Å². The Kier molecular flexibility index (Phi) is 6.37. The molecule has 2 aromatic rings. The van der Waals surface area contributed by atoms with Crippen LogP contribution >= 0.6 is 0 Å². The summed E-state index contributed by atoms with van der Waals surface area (Å²) in [6, 6.07) is 9.88. The van der Waals surface area contributed by atoms with Gasteiger partial charge in [-0.1, -0.05) is 30.3 Å². The summed E-state index contributed by atoms with van der Waals surface area (Å²) in [5.74, 6) is 0.0651. The second-order valence-electron chi connectivity index (χ2n) is 6.33. The molecule has 3 N–H and O–H groups in total. The van der Waals surface area contributed by atoms with Crippen LogP contribution in [0.2, 0.25) is 0 Å². The highest BCUT2D eigenvalue weighted by Gasteiger charge is 2.15. The Morgan fingerprint density at radius 1 is 1.25 bits per heavy atom. The molecule has 1 heterocycles. The molecule has 2 unspecified atom stereocenters. The lowest BCUT2D eigenvalue weighted by atomic mass is 9.93. The van der Waals surface area contributed by atoms with Crippen LogP contribution in [0.4, 0.5) is 10.5 Å². The van der Waals surface area contributed by atoms with E-state index >= 15 is 0 Å². The summed E-state index contributed by atoms with van der Waals surface area (Å²) in [6.07, 6.45) is 3.60.